The largest absolute Gasteiger partial charge is 0.493 e. The molecule has 0 aliphatic carbocycles. The Labute approximate surface area is 254 Å². The van der Waals surface area contributed by atoms with Gasteiger partial charge in [-0.2, -0.15) is 5.26 Å². The lowest BCUT2D eigenvalue weighted by molar-refractivity contribution is -0.135. The number of carbonyl (C=O) groups excluding carboxylic acids is 2. The Bertz CT molecular complexity index is 1500. The third-order valence-corrected chi connectivity index (χ3v) is 9.01. The van der Waals surface area contributed by atoms with Gasteiger partial charge in [0.25, 0.3) is 0 Å². The normalized spacial score (nSPS) is 18.0. The van der Waals surface area contributed by atoms with Crippen molar-refractivity contribution in [2.24, 2.45) is 5.92 Å². The maximum atomic E-state index is 13.2. The van der Waals surface area contributed by atoms with Gasteiger partial charge in [0.05, 0.1) is 38.4 Å². The van der Waals surface area contributed by atoms with Crippen LogP contribution >= 0.6 is 0 Å². The third kappa shape index (κ3) is 6.65. The number of ether oxygens (including phenoxy) is 2. The van der Waals surface area contributed by atoms with E-state index in [1.807, 2.05) is 23.1 Å². The summed E-state index contributed by atoms with van der Waals surface area (Å²) in [7, 11) is 3.30. The van der Waals surface area contributed by atoms with Gasteiger partial charge < -0.3 is 24.7 Å². The molecule has 0 saturated carbocycles. The molecule has 5 rings (SSSR count). The van der Waals surface area contributed by atoms with E-state index in [-0.39, 0.29) is 24.3 Å². The first kappa shape index (κ1) is 30.4. The number of H-pyrrole nitrogens is 1. The molecule has 0 radical (unpaired) electrons. The first-order valence-electron chi connectivity index (χ1n) is 15.4. The number of carbonyl (C=O) groups is 2. The van der Waals surface area contributed by atoms with E-state index < -0.39 is 0 Å². The predicted octanol–water partition coefficient (Wildman–Crippen LogP) is 5.03. The van der Waals surface area contributed by atoms with E-state index in [9.17, 15) is 9.59 Å². The smallest absolute Gasteiger partial charge is 0.236 e. The quantitative estimate of drug-likeness (QED) is 0.341. The molecule has 0 spiro atoms. The SMILES string of the molecule is COc1ccc(-c2[nH]c3ccc(C4CCN(C(=O)CN5CCC[C@@H](C(=O)NCC#N)C5)CC4)cc3c2C(C)C)cc1OC. The van der Waals surface area contributed by atoms with Gasteiger partial charge in [-0.1, -0.05) is 19.9 Å². The van der Waals surface area contributed by atoms with Crippen molar-refractivity contribution in [1.82, 2.24) is 20.1 Å². The summed E-state index contributed by atoms with van der Waals surface area (Å²) in [6, 6.07) is 14.8. The molecule has 2 aliphatic heterocycles. The van der Waals surface area contributed by atoms with E-state index in [1.54, 1.807) is 14.2 Å². The molecular formula is C34H43N5O4. The number of nitrogens with zero attached hydrogens (tertiary/aromatic N) is 3. The maximum absolute atomic E-state index is 13.2. The average molecular weight is 586 g/mol. The molecule has 9 nitrogen and oxygen atoms in total. The summed E-state index contributed by atoms with van der Waals surface area (Å²) in [5.41, 5.74) is 5.89. The van der Waals surface area contributed by atoms with E-state index in [2.05, 4.69) is 53.3 Å². The van der Waals surface area contributed by atoms with Crippen molar-refractivity contribution in [2.75, 3.05) is 53.5 Å². The highest BCUT2D eigenvalue weighted by molar-refractivity contribution is 5.92. The fourth-order valence-corrected chi connectivity index (χ4v) is 6.74. The van der Waals surface area contributed by atoms with Crippen molar-refractivity contribution in [3.8, 4) is 28.8 Å². The Morgan fingerprint density at radius 3 is 2.51 bits per heavy atom. The Kier molecular flexibility index (Phi) is 9.56. The number of fused-ring (bicyclic) bond motifs is 1. The second-order valence-electron chi connectivity index (χ2n) is 12.0. The summed E-state index contributed by atoms with van der Waals surface area (Å²) < 4.78 is 11.0. The van der Waals surface area contributed by atoms with Gasteiger partial charge in [0, 0.05) is 36.1 Å². The number of hydrogen-bond acceptors (Lipinski definition) is 6. The van der Waals surface area contributed by atoms with Crippen LogP contribution in [-0.4, -0.2) is 80.1 Å². The van der Waals surface area contributed by atoms with Crippen LogP contribution in [-0.2, 0) is 9.59 Å². The molecule has 228 valence electrons. The van der Waals surface area contributed by atoms with Crippen LogP contribution in [0.15, 0.2) is 36.4 Å². The second-order valence-corrected chi connectivity index (χ2v) is 12.0. The molecule has 0 unspecified atom stereocenters. The molecule has 2 saturated heterocycles. The minimum atomic E-state index is -0.160. The highest BCUT2D eigenvalue weighted by Gasteiger charge is 2.30. The summed E-state index contributed by atoms with van der Waals surface area (Å²) in [5.74, 6) is 2.02. The van der Waals surface area contributed by atoms with Crippen LogP contribution in [0.3, 0.4) is 0 Å². The molecule has 2 aliphatic rings. The zero-order valence-corrected chi connectivity index (χ0v) is 25.7. The number of aromatic nitrogens is 1. The van der Waals surface area contributed by atoms with Crippen LogP contribution in [0.5, 0.6) is 11.5 Å². The van der Waals surface area contributed by atoms with Crippen LogP contribution in [0.25, 0.3) is 22.2 Å². The summed E-state index contributed by atoms with van der Waals surface area (Å²) in [5, 5.41) is 12.7. The number of methoxy groups -OCH3 is 2. The van der Waals surface area contributed by atoms with Crippen molar-refractivity contribution in [2.45, 2.75) is 51.4 Å². The lowest BCUT2D eigenvalue weighted by Gasteiger charge is -2.36. The highest BCUT2D eigenvalue weighted by atomic mass is 16.5. The summed E-state index contributed by atoms with van der Waals surface area (Å²) >= 11 is 0. The second kappa shape index (κ2) is 13.5. The molecule has 2 amide bonds. The Morgan fingerprint density at radius 1 is 1.05 bits per heavy atom. The molecule has 3 aromatic rings. The predicted molar refractivity (Wildman–Crippen MR) is 167 cm³/mol. The molecule has 0 bridgehead atoms. The van der Waals surface area contributed by atoms with Gasteiger partial charge in [-0.25, -0.2) is 0 Å². The summed E-state index contributed by atoms with van der Waals surface area (Å²) in [4.78, 5) is 33.3. The first-order valence-corrected chi connectivity index (χ1v) is 15.4. The maximum Gasteiger partial charge on any atom is 0.236 e. The zero-order chi connectivity index (χ0) is 30.5. The van der Waals surface area contributed by atoms with Crippen molar-refractivity contribution < 1.29 is 19.1 Å². The molecule has 3 heterocycles. The molecule has 1 aromatic heterocycles. The van der Waals surface area contributed by atoms with E-state index in [0.717, 1.165) is 62.1 Å². The van der Waals surface area contributed by atoms with E-state index >= 15 is 0 Å². The van der Waals surface area contributed by atoms with Gasteiger partial charge in [-0.3, -0.25) is 14.5 Å². The van der Waals surface area contributed by atoms with Crippen LogP contribution < -0.4 is 14.8 Å². The number of amides is 2. The summed E-state index contributed by atoms with van der Waals surface area (Å²) in [6.45, 7) is 7.70. The van der Waals surface area contributed by atoms with Crippen LogP contribution in [0.2, 0.25) is 0 Å². The molecule has 1 atom stereocenters. The lowest BCUT2D eigenvalue weighted by atomic mass is 9.87. The van der Waals surface area contributed by atoms with Crippen LogP contribution in [0.4, 0.5) is 0 Å². The number of nitriles is 1. The number of hydrogen-bond donors (Lipinski definition) is 2. The number of piperidine rings is 2. The fraction of sp³-hybridized carbons (Fsp3) is 0.500. The van der Waals surface area contributed by atoms with Crippen molar-refractivity contribution in [1.29, 1.82) is 5.26 Å². The van der Waals surface area contributed by atoms with Gasteiger partial charge in [-0.15, -0.1) is 0 Å². The van der Waals surface area contributed by atoms with E-state index in [4.69, 9.17) is 14.7 Å². The number of benzene rings is 2. The Morgan fingerprint density at radius 2 is 1.81 bits per heavy atom. The molecule has 43 heavy (non-hydrogen) atoms. The van der Waals surface area contributed by atoms with Crippen LogP contribution in [0, 0.1) is 17.2 Å². The molecule has 2 fully saturated rings. The zero-order valence-electron chi connectivity index (χ0n) is 25.7. The van der Waals surface area contributed by atoms with Gasteiger partial charge >= 0.3 is 0 Å². The lowest BCUT2D eigenvalue weighted by Crippen LogP contribution is -2.48. The Balaban J connectivity index is 1.25. The highest BCUT2D eigenvalue weighted by Crippen LogP contribution is 2.40. The standard InChI is InChI=1S/C34H43N5O4/c1-22(2)32-27-18-24(7-9-28(27)37-33(32)25-8-10-29(42-3)30(19-25)43-4)23-11-16-39(17-12-23)31(40)21-38-15-5-6-26(20-38)34(41)36-14-13-35/h7-10,18-19,22-23,26,37H,5-6,11-12,14-17,20-21H2,1-4H3,(H,36,41)/t26-/m1/s1. The van der Waals surface area contributed by atoms with Gasteiger partial charge in [0.1, 0.15) is 6.54 Å². The van der Waals surface area contributed by atoms with Gasteiger partial charge in [-0.05, 0) is 85.5 Å². The average Bonchev–Trinajstić information content (AvgIpc) is 3.42. The van der Waals surface area contributed by atoms with E-state index in [1.165, 1.54) is 16.5 Å². The van der Waals surface area contributed by atoms with E-state index in [0.29, 0.717) is 36.4 Å². The van der Waals surface area contributed by atoms with Crippen molar-refractivity contribution in [3.63, 3.8) is 0 Å². The minimum absolute atomic E-state index is 0.0259. The molecule has 2 aromatic carbocycles. The number of aromatic amines is 1. The monoisotopic (exact) mass is 585 g/mol. The van der Waals surface area contributed by atoms with Gasteiger partial charge in [0.2, 0.25) is 11.8 Å². The van der Waals surface area contributed by atoms with Crippen molar-refractivity contribution >= 4 is 22.7 Å². The number of rotatable bonds is 9. The molecule has 9 heteroatoms. The van der Waals surface area contributed by atoms with Gasteiger partial charge in [0.15, 0.2) is 11.5 Å². The first-order chi connectivity index (χ1) is 20.8. The minimum Gasteiger partial charge on any atom is -0.493 e. The van der Waals surface area contributed by atoms with Crippen molar-refractivity contribution in [3.05, 3.63) is 47.5 Å². The third-order valence-electron chi connectivity index (χ3n) is 9.01. The van der Waals surface area contributed by atoms with Crippen LogP contribution in [0.1, 0.15) is 62.5 Å². The topological polar surface area (TPSA) is 111 Å². The molecule has 2 N–H and O–H groups in total. The summed E-state index contributed by atoms with van der Waals surface area (Å²) in [6.07, 6.45) is 3.54. The number of nitrogens with one attached hydrogen (secondary N) is 2. The molecular weight excluding hydrogens is 542 g/mol. The fourth-order valence-electron chi connectivity index (χ4n) is 6.74. The Hall–Kier alpha value is -4.03. The number of likely N-dealkylation sites (tertiary alicyclic amines) is 2.